The number of rotatable bonds is 10. The number of hydrogen-bond donors (Lipinski definition) is 0. The van der Waals surface area contributed by atoms with Crippen molar-refractivity contribution in [2.45, 2.75) is 66.0 Å². The van der Waals surface area contributed by atoms with Gasteiger partial charge in [0.1, 0.15) is 0 Å². The average molecular weight is 217 g/mol. The lowest BCUT2D eigenvalue weighted by Crippen LogP contribution is -2.25. The summed E-state index contributed by atoms with van der Waals surface area (Å²) in [5.74, 6) is 0. The maximum Gasteiger partial charge on any atom is 0.160 e. The lowest BCUT2D eigenvalue weighted by atomic mass is 10.4. The molecular formula is C12H25O3. The van der Waals surface area contributed by atoms with Crippen LogP contribution in [0.5, 0.6) is 0 Å². The van der Waals surface area contributed by atoms with Gasteiger partial charge in [0.25, 0.3) is 0 Å². The average Bonchev–Trinajstić information content (AvgIpc) is 2.28. The van der Waals surface area contributed by atoms with Crippen molar-refractivity contribution in [3.8, 4) is 0 Å². The standard InChI is InChI=1S/C12H25O3/c1-5-9-13-11(7-3)15-12(8-4)14-10-6-2/h9,11-12H,5-8,10H2,1-4H3. The molecule has 0 fully saturated rings. The van der Waals surface area contributed by atoms with Crippen molar-refractivity contribution in [2.75, 3.05) is 6.61 Å². The summed E-state index contributed by atoms with van der Waals surface area (Å²) in [5.41, 5.74) is 0. The molecule has 2 atom stereocenters. The van der Waals surface area contributed by atoms with Gasteiger partial charge in [-0.2, -0.15) is 0 Å². The lowest BCUT2D eigenvalue weighted by Gasteiger charge is -2.23. The minimum absolute atomic E-state index is 0.139. The number of hydrogen-bond acceptors (Lipinski definition) is 3. The molecule has 0 aromatic rings. The Morgan fingerprint density at radius 2 is 1.67 bits per heavy atom. The van der Waals surface area contributed by atoms with Crippen molar-refractivity contribution in [2.24, 2.45) is 0 Å². The minimum Gasteiger partial charge on any atom is -0.353 e. The van der Waals surface area contributed by atoms with Crippen molar-refractivity contribution in [1.82, 2.24) is 0 Å². The summed E-state index contributed by atoms with van der Waals surface area (Å²) < 4.78 is 16.6. The van der Waals surface area contributed by atoms with Gasteiger partial charge in [0.15, 0.2) is 12.6 Å². The van der Waals surface area contributed by atoms with Gasteiger partial charge in [-0.1, -0.05) is 27.7 Å². The van der Waals surface area contributed by atoms with E-state index in [9.17, 15) is 0 Å². The molecule has 1 radical (unpaired) electrons. The Morgan fingerprint density at radius 1 is 1.00 bits per heavy atom. The smallest absolute Gasteiger partial charge is 0.160 e. The van der Waals surface area contributed by atoms with E-state index in [0.717, 1.165) is 32.3 Å². The van der Waals surface area contributed by atoms with Gasteiger partial charge in [-0.15, -0.1) is 0 Å². The Labute approximate surface area is 94.1 Å². The molecule has 0 aromatic carbocycles. The first kappa shape index (κ1) is 14.9. The van der Waals surface area contributed by atoms with Crippen LogP contribution in [0.4, 0.5) is 0 Å². The van der Waals surface area contributed by atoms with E-state index in [0.29, 0.717) is 0 Å². The van der Waals surface area contributed by atoms with Gasteiger partial charge < -0.3 is 14.2 Å². The van der Waals surface area contributed by atoms with Crippen LogP contribution in [0.1, 0.15) is 53.4 Å². The van der Waals surface area contributed by atoms with E-state index in [-0.39, 0.29) is 12.6 Å². The van der Waals surface area contributed by atoms with E-state index in [1.165, 1.54) is 0 Å². The zero-order valence-electron chi connectivity index (χ0n) is 10.5. The highest BCUT2D eigenvalue weighted by Crippen LogP contribution is 2.10. The van der Waals surface area contributed by atoms with Crippen LogP contribution in [0.3, 0.4) is 0 Å². The van der Waals surface area contributed by atoms with Crippen molar-refractivity contribution in [1.29, 1.82) is 0 Å². The Hall–Kier alpha value is -0.120. The Morgan fingerprint density at radius 3 is 2.13 bits per heavy atom. The Bertz CT molecular complexity index is 114. The first-order chi connectivity index (χ1) is 7.28. The Kier molecular flexibility index (Phi) is 10.3. The molecule has 91 valence electrons. The maximum absolute atomic E-state index is 5.68. The van der Waals surface area contributed by atoms with E-state index in [1.54, 1.807) is 6.61 Å². The van der Waals surface area contributed by atoms with Gasteiger partial charge in [-0.3, -0.25) is 0 Å². The van der Waals surface area contributed by atoms with Crippen molar-refractivity contribution >= 4 is 0 Å². The Balaban J connectivity index is 3.77. The van der Waals surface area contributed by atoms with Crippen molar-refractivity contribution in [3.05, 3.63) is 6.61 Å². The minimum atomic E-state index is -0.174. The molecule has 0 aliphatic heterocycles. The third kappa shape index (κ3) is 7.77. The molecule has 0 aliphatic carbocycles. The molecule has 3 heteroatoms. The maximum atomic E-state index is 5.68. The summed E-state index contributed by atoms with van der Waals surface area (Å²) in [6.45, 7) is 10.7. The van der Waals surface area contributed by atoms with Gasteiger partial charge in [0.05, 0.1) is 6.61 Å². The molecule has 0 aliphatic rings. The topological polar surface area (TPSA) is 27.7 Å². The second-order valence-electron chi connectivity index (χ2n) is 3.39. The first-order valence-electron chi connectivity index (χ1n) is 6.02. The van der Waals surface area contributed by atoms with Gasteiger partial charge in [0.2, 0.25) is 0 Å². The first-order valence-corrected chi connectivity index (χ1v) is 6.02. The molecule has 0 amide bonds. The molecule has 2 unspecified atom stereocenters. The molecule has 0 saturated carbocycles. The number of ether oxygens (including phenoxy) is 3. The van der Waals surface area contributed by atoms with Crippen LogP contribution in [-0.2, 0) is 14.2 Å². The molecule has 0 bridgehead atoms. The monoisotopic (exact) mass is 217 g/mol. The van der Waals surface area contributed by atoms with Crippen LogP contribution >= 0.6 is 0 Å². The van der Waals surface area contributed by atoms with Crippen LogP contribution in [0.2, 0.25) is 0 Å². The second-order valence-corrected chi connectivity index (χ2v) is 3.39. The molecule has 0 rings (SSSR count). The summed E-state index contributed by atoms with van der Waals surface area (Å²) in [6.07, 6.45) is 3.28. The van der Waals surface area contributed by atoms with E-state index >= 15 is 0 Å². The van der Waals surface area contributed by atoms with Crippen LogP contribution in [0.25, 0.3) is 0 Å². The highest BCUT2D eigenvalue weighted by molar-refractivity contribution is 4.51. The summed E-state index contributed by atoms with van der Waals surface area (Å²) in [5, 5.41) is 0. The zero-order chi connectivity index (χ0) is 11.5. The predicted molar refractivity (Wildman–Crippen MR) is 61.2 cm³/mol. The molecule has 0 saturated heterocycles. The van der Waals surface area contributed by atoms with Gasteiger partial charge in [0, 0.05) is 6.61 Å². The third-order valence-electron chi connectivity index (χ3n) is 1.89. The van der Waals surface area contributed by atoms with Crippen LogP contribution in [0.15, 0.2) is 0 Å². The fourth-order valence-corrected chi connectivity index (χ4v) is 1.10. The van der Waals surface area contributed by atoms with Crippen molar-refractivity contribution in [3.63, 3.8) is 0 Å². The summed E-state index contributed by atoms with van der Waals surface area (Å²) in [6, 6.07) is 0. The lowest BCUT2D eigenvalue weighted by molar-refractivity contribution is -0.237. The summed E-state index contributed by atoms with van der Waals surface area (Å²) >= 11 is 0. The van der Waals surface area contributed by atoms with E-state index in [4.69, 9.17) is 14.2 Å². The molecule has 0 spiro atoms. The normalized spacial score (nSPS) is 15.2. The molecule has 0 heterocycles. The summed E-state index contributed by atoms with van der Waals surface area (Å²) in [7, 11) is 0. The largest absolute Gasteiger partial charge is 0.353 e. The van der Waals surface area contributed by atoms with Crippen LogP contribution in [0, 0.1) is 6.61 Å². The van der Waals surface area contributed by atoms with E-state index < -0.39 is 0 Å². The fourth-order valence-electron chi connectivity index (χ4n) is 1.10. The quantitative estimate of drug-likeness (QED) is 0.524. The fraction of sp³-hybridized carbons (Fsp3) is 0.917. The van der Waals surface area contributed by atoms with Crippen molar-refractivity contribution < 1.29 is 14.2 Å². The van der Waals surface area contributed by atoms with Gasteiger partial charge in [-0.05, 0) is 25.7 Å². The molecule has 0 aromatic heterocycles. The predicted octanol–water partition coefficient (Wildman–Crippen LogP) is 3.49. The molecule has 3 nitrogen and oxygen atoms in total. The second kappa shape index (κ2) is 10.4. The van der Waals surface area contributed by atoms with E-state index in [2.05, 4.69) is 13.8 Å². The van der Waals surface area contributed by atoms with E-state index in [1.807, 2.05) is 13.8 Å². The molecule has 15 heavy (non-hydrogen) atoms. The zero-order valence-corrected chi connectivity index (χ0v) is 10.5. The van der Waals surface area contributed by atoms with Gasteiger partial charge >= 0.3 is 0 Å². The highest BCUT2D eigenvalue weighted by atomic mass is 16.8. The summed E-state index contributed by atoms with van der Waals surface area (Å²) in [4.78, 5) is 0. The molecule has 0 N–H and O–H groups in total. The third-order valence-corrected chi connectivity index (χ3v) is 1.89. The van der Waals surface area contributed by atoms with Crippen LogP contribution in [-0.4, -0.2) is 19.2 Å². The van der Waals surface area contributed by atoms with Crippen LogP contribution < -0.4 is 0 Å². The SMILES string of the molecule is CC[CH]OC(CC)OC(CC)OCCC. The van der Waals surface area contributed by atoms with Gasteiger partial charge in [-0.25, -0.2) is 0 Å². The highest BCUT2D eigenvalue weighted by Gasteiger charge is 2.14. The molecular weight excluding hydrogens is 192 g/mol.